The van der Waals surface area contributed by atoms with Crippen LogP contribution < -0.4 is 4.90 Å². The van der Waals surface area contributed by atoms with Gasteiger partial charge in [0.1, 0.15) is 5.82 Å². The minimum absolute atomic E-state index is 0.0291. The van der Waals surface area contributed by atoms with Crippen LogP contribution in [0.5, 0.6) is 0 Å². The second-order valence-electron chi connectivity index (χ2n) is 6.42. The number of ketones is 1. The summed E-state index contributed by atoms with van der Waals surface area (Å²) in [5.74, 6) is 0.495. The minimum atomic E-state index is -0.341. The third-order valence-electron chi connectivity index (χ3n) is 4.64. The van der Waals surface area contributed by atoms with E-state index in [4.69, 9.17) is 4.52 Å². The lowest BCUT2D eigenvalue weighted by Gasteiger charge is -2.30. The maximum Gasteiger partial charge on any atom is 0.266 e. The van der Waals surface area contributed by atoms with Crippen molar-refractivity contribution in [1.29, 1.82) is 0 Å². The minimum Gasteiger partial charge on any atom is -0.337 e. The van der Waals surface area contributed by atoms with Crippen molar-refractivity contribution in [2.75, 3.05) is 18.0 Å². The van der Waals surface area contributed by atoms with E-state index in [-0.39, 0.29) is 17.5 Å². The van der Waals surface area contributed by atoms with Gasteiger partial charge in [0, 0.05) is 30.1 Å². The number of carbonyl (C=O) groups is 1. The fourth-order valence-corrected chi connectivity index (χ4v) is 3.26. The van der Waals surface area contributed by atoms with Crippen LogP contribution in [0.2, 0.25) is 0 Å². The van der Waals surface area contributed by atoms with Gasteiger partial charge < -0.3 is 9.42 Å². The monoisotopic (exact) mass is 351 g/mol. The molecule has 1 aliphatic rings. The first-order valence-corrected chi connectivity index (χ1v) is 8.64. The molecule has 2 heterocycles. The molecule has 1 aliphatic heterocycles. The summed E-state index contributed by atoms with van der Waals surface area (Å²) in [5, 5.41) is 4.07. The highest BCUT2D eigenvalue weighted by atomic mass is 19.1. The molecule has 132 valence electrons. The Morgan fingerprint density at radius 3 is 2.65 bits per heavy atom. The summed E-state index contributed by atoms with van der Waals surface area (Å²) in [6.45, 7) is 1.31. The maximum atomic E-state index is 13.1. The third kappa shape index (κ3) is 3.35. The molecule has 0 N–H and O–H groups in total. The van der Waals surface area contributed by atoms with E-state index < -0.39 is 0 Å². The van der Waals surface area contributed by atoms with E-state index >= 15 is 0 Å². The smallest absolute Gasteiger partial charge is 0.266 e. The molecular weight excluding hydrogens is 333 g/mol. The van der Waals surface area contributed by atoms with Gasteiger partial charge in [-0.3, -0.25) is 4.79 Å². The topological polar surface area (TPSA) is 59.2 Å². The molecular formula is C20H18FN3O2. The Labute approximate surface area is 150 Å². The number of anilines is 1. The molecule has 0 amide bonds. The van der Waals surface area contributed by atoms with Crippen molar-refractivity contribution >= 4 is 11.7 Å². The van der Waals surface area contributed by atoms with E-state index in [1.165, 1.54) is 12.1 Å². The molecule has 4 rings (SSSR count). The molecule has 5 nitrogen and oxygen atoms in total. The van der Waals surface area contributed by atoms with Gasteiger partial charge in [-0.1, -0.05) is 18.2 Å². The Morgan fingerprint density at radius 2 is 1.88 bits per heavy atom. The lowest BCUT2D eigenvalue weighted by Crippen LogP contribution is -2.39. The van der Waals surface area contributed by atoms with Crippen LogP contribution >= 0.6 is 0 Å². The molecule has 1 aromatic heterocycles. The van der Waals surface area contributed by atoms with Gasteiger partial charge >= 0.3 is 0 Å². The Balaban J connectivity index is 1.49. The number of piperidine rings is 1. The molecule has 1 fully saturated rings. The summed E-state index contributed by atoms with van der Waals surface area (Å²) >= 11 is 0. The number of hydrogen-bond donors (Lipinski definition) is 0. The SMILES string of the molecule is O=C(c1ccc(F)cc1)C1CCCN(c2noc(-c3ccccc3)n2)C1. The van der Waals surface area contributed by atoms with E-state index in [1.807, 2.05) is 35.2 Å². The van der Waals surface area contributed by atoms with Crippen LogP contribution in [0.15, 0.2) is 59.1 Å². The molecule has 1 unspecified atom stereocenters. The Hall–Kier alpha value is -3.02. The van der Waals surface area contributed by atoms with Gasteiger partial charge in [0.15, 0.2) is 5.78 Å². The Morgan fingerprint density at radius 1 is 1.12 bits per heavy atom. The average molecular weight is 351 g/mol. The largest absolute Gasteiger partial charge is 0.337 e. The van der Waals surface area contributed by atoms with Crippen LogP contribution in [-0.4, -0.2) is 29.0 Å². The molecule has 0 bridgehead atoms. The van der Waals surface area contributed by atoms with Gasteiger partial charge in [-0.05, 0) is 54.4 Å². The normalized spacial score (nSPS) is 17.3. The van der Waals surface area contributed by atoms with E-state index in [0.29, 0.717) is 23.9 Å². The highest BCUT2D eigenvalue weighted by Crippen LogP contribution is 2.26. The van der Waals surface area contributed by atoms with Crippen molar-refractivity contribution in [3.8, 4) is 11.5 Å². The lowest BCUT2D eigenvalue weighted by atomic mass is 9.90. The predicted octanol–water partition coefficient (Wildman–Crippen LogP) is 3.98. The zero-order valence-corrected chi connectivity index (χ0v) is 14.1. The standard InChI is InChI=1S/C20H18FN3O2/c21-17-10-8-14(9-11-17)18(25)16-7-4-12-24(13-16)20-22-19(26-23-20)15-5-2-1-3-6-15/h1-3,5-6,8-11,16H,4,7,12-13H2. The van der Waals surface area contributed by atoms with Crippen LogP contribution in [0.3, 0.4) is 0 Å². The molecule has 1 saturated heterocycles. The molecule has 1 atom stereocenters. The van der Waals surface area contributed by atoms with E-state index in [1.54, 1.807) is 12.1 Å². The molecule has 6 heteroatoms. The third-order valence-corrected chi connectivity index (χ3v) is 4.64. The van der Waals surface area contributed by atoms with Gasteiger partial charge in [-0.2, -0.15) is 4.98 Å². The Bertz CT molecular complexity index is 893. The molecule has 0 spiro atoms. The number of halogens is 1. The first-order chi connectivity index (χ1) is 12.7. The van der Waals surface area contributed by atoms with E-state index in [9.17, 15) is 9.18 Å². The zero-order valence-electron chi connectivity index (χ0n) is 14.1. The van der Waals surface area contributed by atoms with Crippen LogP contribution in [0, 0.1) is 11.7 Å². The van der Waals surface area contributed by atoms with Gasteiger partial charge in [0.25, 0.3) is 11.8 Å². The highest BCUT2D eigenvalue weighted by molar-refractivity contribution is 5.98. The second kappa shape index (κ2) is 7.07. The van der Waals surface area contributed by atoms with Crippen molar-refractivity contribution in [2.24, 2.45) is 5.92 Å². The predicted molar refractivity (Wildman–Crippen MR) is 95.4 cm³/mol. The quantitative estimate of drug-likeness (QED) is 0.666. The fourth-order valence-electron chi connectivity index (χ4n) is 3.26. The van der Waals surface area contributed by atoms with Crippen molar-refractivity contribution in [2.45, 2.75) is 12.8 Å². The summed E-state index contributed by atoms with van der Waals surface area (Å²) in [6, 6.07) is 15.3. The average Bonchev–Trinajstić information content (AvgIpc) is 3.19. The number of rotatable bonds is 4. The molecule has 0 saturated carbocycles. The number of benzene rings is 2. The van der Waals surface area contributed by atoms with Crippen LogP contribution in [0.1, 0.15) is 23.2 Å². The number of aromatic nitrogens is 2. The maximum absolute atomic E-state index is 13.1. The van der Waals surface area contributed by atoms with Gasteiger partial charge in [-0.15, -0.1) is 0 Å². The number of carbonyl (C=O) groups excluding carboxylic acids is 1. The van der Waals surface area contributed by atoms with E-state index in [0.717, 1.165) is 24.9 Å². The number of Topliss-reactive ketones (excluding diaryl/α,β-unsaturated/α-hetero) is 1. The Kier molecular flexibility index (Phi) is 4.48. The summed E-state index contributed by atoms with van der Waals surface area (Å²) in [4.78, 5) is 19.1. The lowest BCUT2D eigenvalue weighted by molar-refractivity contribution is 0.0906. The summed E-state index contributed by atoms with van der Waals surface area (Å²) < 4.78 is 18.4. The molecule has 3 aromatic rings. The van der Waals surface area contributed by atoms with Crippen LogP contribution in [0.4, 0.5) is 10.3 Å². The van der Waals surface area contributed by atoms with Gasteiger partial charge in [0.2, 0.25) is 0 Å². The zero-order chi connectivity index (χ0) is 17.9. The summed E-state index contributed by atoms with van der Waals surface area (Å²) in [5.41, 5.74) is 1.40. The van der Waals surface area contributed by atoms with E-state index in [2.05, 4.69) is 10.1 Å². The molecule has 26 heavy (non-hydrogen) atoms. The molecule has 2 aromatic carbocycles. The second-order valence-corrected chi connectivity index (χ2v) is 6.42. The van der Waals surface area contributed by atoms with Crippen molar-refractivity contribution in [3.05, 3.63) is 66.0 Å². The highest BCUT2D eigenvalue weighted by Gasteiger charge is 2.29. The van der Waals surface area contributed by atoms with Crippen LogP contribution in [-0.2, 0) is 0 Å². The van der Waals surface area contributed by atoms with Crippen molar-refractivity contribution in [1.82, 2.24) is 10.1 Å². The van der Waals surface area contributed by atoms with Gasteiger partial charge in [-0.25, -0.2) is 4.39 Å². The molecule has 0 radical (unpaired) electrons. The van der Waals surface area contributed by atoms with Crippen LogP contribution in [0.25, 0.3) is 11.5 Å². The van der Waals surface area contributed by atoms with Crippen molar-refractivity contribution in [3.63, 3.8) is 0 Å². The molecule has 0 aliphatic carbocycles. The first kappa shape index (κ1) is 16.4. The number of hydrogen-bond acceptors (Lipinski definition) is 5. The van der Waals surface area contributed by atoms with Crippen molar-refractivity contribution < 1.29 is 13.7 Å². The number of nitrogens with zero attached hydrogens (tertiary/aromatic N) is 3. The van der Waals surface area contributed by atoms with Gasteiger partial charge in [0.05, 0.1) is 0 Å². The summed E-state index contributed by atoms with van der Waals surface area (Å²) in [7, 11) is 0. The first-order valence-electron chi connectivity index (χ1n) is 8.64. The summed E-state index contributed by atoms with van der Waals surface area (Å²) in [6.07, 6.45) is 1.67. The fraction of sp³-hybridized carbons (Fsp3) is 0.250.